The van der Waals surface area contributed by atoms with E-state index in [1.54, 1.807) is 0 Å². The van der Waals surface area contributed by atoms with Crippen molar-refractivity contribution in [3.8, 4) is 0 Å². The van der Waals surface area contributed by atoms with E-state index < -0.39 is 14.6 Å². The molecule has 0 aliphatic heterocycles. The predicted molar refractivity (Wildman–Crippen MR) is 59.8 cm³/mol. The first-order chi connectivity index (χ1) is 6.95. The molecule has 0 N–H and O–H groups in total. The Morgan fingerprint density at radius 1 is 1.27 bits per heavy atom. The first-order valence-corrected chi connectivity index (χ1v) is 5.39. The van der Waals surface area contributed by atoms with E-state index in [4.69, 9.17) is 46.4 Å². The molecule has 0 spiro atoms. The van der Waals surface area contributed by atoms with E-state index in [-0.39, 0.29) is 16.9 Å². The number of pyridine rings is 1. The Morgan fingerprint density at radius 3 is 2.27 bits per heavy atom. The number of nitro groups is 1. The highest BCUT2D eigenvalue weighted by Gasteiger charge is 2.27. The van der Waals surface area contributed by atoms with E-state index in [1.807, 2.05) is 0 Å². The highest BCUT2D eigenvalue weighted by molar-refractivity contribution is 6.45. The quantitative estimate of drug-likeness (QED) is 0.481. The molecule has 0 radical (unpaired) electrons. The van der Waals surface area contributed by atoms with Crippen molar-refractivity contribution >= 4 is 52.1 Å². The lowest BCUT2D eigenvalue weighted by Crippen LogP contribution is -2.02. The molecule has 0 saturated carbocycles. The van der Waals surface area contributed by atoms with Gasteiger partial charge in [-0.05, 0) is 6.07 Å². The number of hydrogen-bond donors (Lipinski definition) is 0. The van der Waals surface area contributed by atoms with Gasteiger partial charge in [-0.1, -0.05) is 46.4 Å². The lowest BCUT2D eigenvalue weighted by molar-refractivity contribution is -0.386. The molecule has 0 aromatic carbocycles. The summed E-state index contributed by atoms with van der Waals surface area (Å²) >= 11 is 22.2. The van der Waals surface area contributed by atoms with Gasteiger partial charge in [0.2, 0.25) is 0 Å². The maximum absolute atomic E-state index is 10.8. The molecule has 0 fully saturated rings. The van der Waals surface area contributed by atoms with Crippen LogP contribution >= 0.6 is 46.4 Å². The van der Waals surface area contributed by atoms with Gasteiger partial charge < -0.3 is 0 Å². The first kappa shape index (κ1) is 12.8. The second-order valence-corrected chi connectivity index (χ2v) is 4.69. The Bertz CT molecular complexity index is 357. The van der Waals surface area contributed by atoms with Gasteiger partial charge in [0.1, 0.15) is 4.84 Å². The van der Waals surface area contributed by atoms with Gasteiger partial charge in [-0.3, -0.25) is 15.1 Å². The number of alkyl halides is 4. The van der Waals surface area contributed by atoms with Gasteiger partial charge in [-0.15, -0.1) is 0 Å². The lowest BCUT2D eigenvalue weighted by atomic mass is 10.2. The van der Waals surface area contributed by atoms with Gasteiger partial charge in [0.05, 0.1) is 10.5 Å². The molecule has 0 saturated heterocycles. The Labute approximate surface area is 105 Å². The van der Waals surface area contributed by atoms with Gasteiger partial charge in [0, 0.05) is 6.20 Å². The molecular weight excluding hydrogens is 286 g/mol. The Balaban J connectivity index is 3.42. The topological polar surface area (TPSA) is 56.0 Å². The summed E-state index contributed by atoms with van der Waals surface area (Å²) < 4.78 is 0. The molecule has 0 atom stereocenters. The van der Waals surface area contributed by atoms with Crippen LogP contribution in [0.15, 0.2) is 12.3 Å². The van der Waals surface area contributed by atoms with Crippen LogP contribution in [0.5, 0.6) is 0 Å². The largest absolute Gasteiger partial charge is 0.299 e. The molecule has 4 nitrogen and oxygen atoms in total. The van der Waals surface area contributed by atoms with E-state index >= 15 is 0 Å². The second kappa shape index (κ2) is 5.16. The van der Waals surface area contributed by atoms with Crippen LogP contribution in [0.4, 0.5) is 5.69 Å². The number of halogens is 4. The molecule has 8 heteroatoms. The molecule has 1 aromatic rings. The molecule has 0 aliphatic rings. The first-order valence-electron chi connectivity index (χ1n) is 3.64. The summed E-state index contributed by atoms with van der Waals surface area (Å²) in [4.78, 5) is 11.7. The highest BCUT2D eigenvalue weighted by Crippen LogP contribution is 2.38. The zero-order valence-corrected chi connectivity index (χ0v) is 10.1. The molecular formula is C7H4Cl4N2O2. The molecule has 15 heavy (non-hydrogen) atoms. The predicted octanol–water partition coefficient (Wildman–Crippen LogP) is 3.94. The van der Waals surface area contributed by atoms with E-state index in [0.29, 0.717) is 0 Å². The Kier molecular flexibility index (Phi) is 4.40. The fraction of sp³-hybridized carbons (Fsp3) is 0.286. The smallest absolute Gasteiger partial charge is 0.258 e. The summed E-state index contributed by atoms with van der Waals surface area (Å²) in [6.07, 6.45) is 1.31. The minimum absolute atomic E-state index is 0.0628. The third kappa shape index (κ3) is 2.84. The summed E-state index contributed by atoms with van der Waals surface area (Å²) in [5, 5.41) is 10.8. The van der Waals surface area contributed by atoms with Crippen molar-refractivity contribution in [1.82, 2.24) is 4.98 Å². The number of hydrogen-bond acceptors (Lipinski definition) is 3. The molecule has 1 aromatic heterocycles. The zero-order valence-electron chi connectivity index (χ0n) is 7.03. The summed E-state index contributed by atoms with van der Waals surface area (Å²) in [7, 11) is 0. The van der Waals surface area contributed by atoms with Crippen LogP contribution in [0, 0.1) is 10.1 Å². The molecule has 0 bridgehead atoms. The summed E-state index contributed by atoms with van der Waals surface area (Å²) in [6, 6.07) is 1.35. The maximum Gasteiger partial charge on any atom is 0.299 e. The average molecular weight is 290 g/mol. The fourth-order valence-corrected chi connectivity index (χ4v) is 1.69. The van der Waals surface area contributed by atoms with Crippen molar-refractivity contribution in [2.45, 2.75) is 9.67 Å². The van der Waals surface area contributed by atoms with Crippen LogP contribution in [-0.2, 0) is 0 Å². The van der Waals surface area contributed by atoms with E-state index in [1.165, 1.54) is 12.3 Å². The van der Waals surface area contributed by atoms with Crippen molar-refractivity contribution in [1.29, 1.82) is 0 Å². The monoisotopic (exact) mass is 288 g/mol. The normalized spacial score (nSPS) is 11.1. The fourth-order valence-electron chi connectivity index (χ4n) is 1.02. The third-order valence-corrected chi connectivity index (χ3v) is 2.49. The average Bonchev–Trinajstić information content (AvgIpc) is 2.16. The van der Waals surface area contributed by atoms with E-state index in [2.05, 4.69) is 4.98 Å². The second-order valence-electron chi connectivity index (χ2n) is 2.49. The molecule has 0 amide bonds. The van der Waals surface area contributed by atoms with Crippen LogP contribution in [0.2, 0.25) is 0 Å². The summed E-state index contributed by atoms with van der Waals surface area (Å²) in [5.74, 6) is 0. The van der Waals surface area contributed by atoms with Crippen LogP contribution in [0.25, 0.3) is 0 Å². The lowest BCUT2D eigenvalue weighted by Gasteiger charge is -2.07. The van der Waals surface area contributed by atoms with Crippen LogP contribution in [-0.4, -0.2) is 9.91 Å². The van der Waals surface area contributed by atoms with Gasteiger partial charge in [0.15, 0.2) is 10.5 Å². The van der Waals surface area contributed by atoms with Crippen LogP contribution in [0.3, 0.4) is 0 Å². The molecule has 0 unspecified atom stereocenters. The van der Waals surface area contributed by atoms with Gasteiger partial charge in [0.25, 0.3) is 5.69 Å². The summed E-state index contributed by atoms with van der Waals surface area (Å²) in [6.45, 7) is 0. The molecule has 82 valence electrons. The Morgan fingerprint density at radius 2 is 1.87 bits per heavy atom. The van der Waals surface area contributed by atoms with E-state index in [0.717, 1.165) is 0 Å². The van der Waals surface area contributed by atoms with Crippen molar-refractivity contribution in [3.05, 3.63) is 33.6 Å². The van der Waals surface area contributed by atoms with Crippen molar-refractivity contribution in [3.63, 3.8) is 0 Å². The van der Waals surface area contributed by atoms with Crippen molar-refractivity contribution in [2.24, 2.45) is 0 Å². The van der Waals surface area contributed by atoms with Crippen LogP contribution in [0.1, 0.15) is 20.9 Å². The van der Waals surface area contributed by atoms with E-state index in [9.17, 15) is 10.1 Å². The number of aromatic nitrogens is 1. The number of rotatable bonds is 3. The Hall–Kier alpha value is -0.290. The third-order valence-electron chi connectivity index (χ3n) is 1.61. The van der Waals surface area contributed by atoms with Gasteiger partial charge >= 0.3 is 0 Å². The van der Waals surface area contributed by atoms with Gasteiger partial charge in [-0.25, -0.2) is 0 Å². The van der Waals surface area contributed by atoms with Crippen LogP contribution < -0.4 is 0 Å². The minimum Gasteiger partial charge on any atom is -0.258 e. The molecule has 1 heterocycles. The van der Waals surface area contributed by atoms with Gasteiger partial charge in [-0.2, -0.15) is 0 Å². The molecule has 0 aliphatic carbocycles. The van der Waals surface area contributed by atoms with Crippen molar-refractivity contribution < 1.29 is 4.92 Å². The molecule has 1 rings (SSSR count). The highest BCUT2D eigenvalue weighted by atomic mass is 35.5. The zero-order chi connectivity index (χ0) is 11.6. The summed E-state index contributed by atoms with van der Waals surface area (Å²) in [5.41, 5.74) is -0.283. The minimum atomic E-state index is -1.10. The maximum atomic E-state index is 10.8. The number of nitrogens with zero attached hydrogens (tertiary/aromatic N) is 2. The standard InChI is InChI=1S/C7H4Cl4N2O2/c8-6(9)3-1-2-12-4(7(10)11)5(3)13(14)15/h1-2,6-7H. The SMILES string of the molecule is O=[N+]([O-])c1c(C(Cl)Cl)ccnc1C(Cl)Cl. The van der Waals surface area contributed by atoms with Crippen molar-refractivity contribution in [2.75, 3.05) is 0 Å².